The molecule has 1 spiro atoms. The molecule has 32 heavy (non-hydrogen) atoms. The second-order valence-electron chi connectivity index (χ2n) is 11.8. The summed E-state index contributed by atoms with van der Waals surface area (Å²) in [7, 11) is 3.66. The quantitative estimate of drug-likeness (QED) is 0.343. The molecule has 2 bridgehead atoms. The van der Waals surface area contributed by atoms with Crippen LogP contribution in [-0.2, 0) is 14.2 Å². The zero-order valence-corrected chi connectivity index (χ0v) is 22.3. The third kappa shape index (κ3) is 6.98. The summed E-state index contributed by atoms with van der Waals surface area (Å²) in [4.78, 5) is 25.0. The molecular formula is C23H42BN2O4S2-. The number of nitrogens with one attached hydrogen (secondary N) is 2. The molecule has 3 fully saturated rings. The van der Waals surface area contributed by atoms with Crippen molar-refractivity contribution in [3.05, 3.63) is 0 Å². The smallest absolute Gasteiger partial charge is 0.407 e. The molecule has 0 aliphatic carbocycles. The van der Waals surface area contributed by atoms with E-state index in [1.165, 1.54) is 38.5 Å². The molecule has 184 valence electrons. The Hall–Kier alpha value is -0.535. The van der Waals surface area contributed by atoms with Crippen LogP contribution in [0, 0.1) is 0 Å². The lowest BCUT2D eigenvalue weighted by Crippen LogP contribution is -2.60. The van der Waals surface area contributed by atoms with Crippen LogP contribution in [0.25, 0.3) is 0 Å². The minimum atomic E-state index is -1.23. The van der Waals surface area contributed by atoms with Gasteiger partial charge >= 0.3 is 6.09 Å². The Kier molecular flexibility index (Phi) is 8.46. The summed E-state index contributed by atoms with van der Waals surface area (Å²) >= 11 is 0. The maximum Gasteiger partial charge on any atom is 0.407 e. The van der Waals surface area contributed by atoms with Crippen molar-refractivity contribution in [1.82, 2.24) is 10.5 Å². The molecule has 2 unspecified atom stereocenters. The highest BCUT2D eigenvalue weighted by atomic mass is 33.1. The highest BCUT2D eigenvalue weighted by Gasteiger charge is 2.53. The van der Waals surface area contributed by atoms with Crippen LogP contribution in [-0.4, -0.2) is 46.7 Å². The van der Waals surface area contributed by atoms with E-state index in [9.17, 15) is 9.59 Å². The van der Waals surface area contributed by atoms with Gasteiger partial charge in [-0.3, -0.25) is 4.79 Å². The van der Waals surface area contributed by atoms with Crippen molar-refractivity contribution in [3.63, 3.8) is 0 Å². The molecule has 2 atom stereocenters. The van der Waals surface area contributed by atoms with Crippen LogP contribution in [0.3, 0.4) is 0 Å². The van der Waals surface area contributed by atoms with Gasteiger partial charge in [0.15, 0.2) is 0 Å². The van der Waals surface area contributed by atoms with E-state index >= 15 is 0 Å². The maximum absolute atomic E-state index is 13.0. The highest BCUT2D eigenvalue weighted by molar-refractivity contribution is 8.77. The number of rotatable bonds is 7. The van der Waals surface area contributed by atoms with Gasteiger partial charge in [0.05, 0.1) is 6.04 Å². The predicted octanol–water partition coefficient (Wildman–Crippen LogP) is 5.91. The zero-order valence-electron chi connectivity index (χ0n) is 20.7. The first-order valence-electron chi connectivity index (χ1n) is 12.4. The molecule has 6 nitrogen and oxygen atoms in total. The van der Waals surface area contributed by atoms with Gasteiger partial charge in [0.2, 0.25) is 6.48 Å². The Bertz CT molecular complexity index is 658. The molecular weight excluding hydrogens is 443 g/mol. The fourth-order valence-corrected chi connectivity index (χ4v) is 8.31. The van der Waals surface area contributed by atoms with Gasteiger partial charge in [-0.25, -0.2) is 4.79 Å². The van der Waals surface area contributed by atoms with Gasteiger partial charge in [0, 0.05) is 16.5 Å². The van der Waals surface area contributed by atoms with Crippen molar-refractivity contribution < 1.29 is 19.0 Å². The van der Waals surface area contributed by atoms with Crippen LogP contribution in [0.5, 0.6) is 0 Å². The molecule has 0 aromatic carbocycles. The molecule has 0 aromatic heterocycles. The molecule has 3 saturated heterocycles. The van der Waals surface area contributed by atoms with Gasteiger partial charge in [0.1, 0.15) is 5.60 Å². The van der Waals surface area contributed by atoms with E-state index in [0.29, 0.717) is 18.2 Å². The van der Waals surface area contributed by atoms with Crippen LogP contribution in [0.4, 0.5) is 4.79 Å². The van der Waals surface area contributed by atoms with E-state index in [1.54, 1.807) is 0 Å². The lowest BCUT2D eigenvalue weighted by molar-refractivity contribution is -0.134. The summed E-state index contributed by atoms with van der Waals surface area (Å²) in [6, 6.07) is -0.240. The highest BCUT2D eigenvalue weighted by Crippen LogP contribution is 2.54. The van der Waals surface area contributed by atoms with Crippen LogP contribution in [0.15, 0.2) is 0 Å². The fourth-order valence-electron chi connectivity index (χ4n) is 5.60. The number of hydrogen-bond acceptors (Lipinski definition) is 7. The lowest BCUT2D eigenvalue weighted by Gasteiger charge is -2.55. The SMILES string of the molecule is CC(C)(C)OC(=O)NCCC(CC1N[B-]2(OC1=O)C1CCCC2CCC1)SSC(C)(C)C. The van der Waals surface area contributed by atoms with Crippen LogP contribution >= 0.6 is 21.6 Å². The summed E-state index contributed by atoms with van der Waals surface area (Å²) in [5, 5.41) is 6.88. The number of carbonyl (C=O) groups excluding carboxylic acids is 2. The lowest BCUT2D eigenvalue weighted by atomic mass is 9.28. The normalized spacial score (nSPS) is 31.3. The largest absolute Gasteiger partial charge is 0.673 e. The van der Waals surface area contributed by atoms with Gasteiger partial charge in [-0.05, 0) is 33.6 Å². The Labute approximate surface area is 202 Å². The van der Waals surface area contributed by atoms with Crippen molar-refractivity contribution >= 4 is 40.1 Å². The molecule has 2 N–H and O–H groups in total. The molecule has 0 radical (unpaired) electrons. The van der Waals surface area contributed by atoms with Gasteiger partial charge in [-0.2, -0.15) is 0 Å². The minimum absolute atomic E-state index is 0.0599. The Morgan fingerprint density at radius 3 is 2.28 bits per heavy atom. The van der Waals surface area contributed by atoms with Crippen LogP contribution in [0.2, 0.25) is 11.6 Å². The van der Waals surface area contributed by atoms with E-state index in [-0.39, 0.29) is 28.1 Å². The zero-order chi connectivity index (χ0) is 23.6. The monoisotopic (exact) mass is 485 g/mol. The third-order valence-corrected chi connectivity index (χ3v) is 10.7. The summed E-state index contributed by atoms with van der Waals surface area (Å²) in [5.74, 6) is 0.968. The number of hydrogen-bond donors (Lipinski definition) is 2. The predicted molar refractivity (Wildman–Crippen MR) is 136 cm³/mol. The second kappa shape index (κ2) is 10.4. The van der Waals surface area contributed by atoms with E-state index in [1.807, 2.05) is 42.4 Å². The molecule has 3 aliphatic heterocycles. The first-order valence-corrected chi connectivity index (χ1v) is 14.6. The van der Waals surface area contributed by atoms with Crippen molar-refractivity contribution in [1.29, 1.82) is 0 Å². The average molecular weight is 486 g/mol. The summed E-state index contributed by atoms with van der Waals surface area (Å²) in [6.45, 7) is 11.5. The number of ether oxygens (including phenoxy) is 1. The van der Waals surface area contributed by atoms with E-state index < -0.39 is 12.1 Å². The molecule has 0 saturated carbocycles. The molecule has 0 aromatic rings. The Balaban J connectivity index is 1.60. The molecule has 3 rings (SSSR count). The molecule has 9 heteroatoms. The second-order valence-corrected chi connectivity index (χ2v) is 15.1. The topological polar surface area (TPSA) is 76.7 Å². The fraction of sp³-hybridized carbons (Fsp3) is 0.913. The summed E-state index contributed by atoms with van der Waals surface area (Å²) in [6.07, 6.45) is 8.38. The third-order valence-electron chi connectivity index (χ3n) is 6.82. The van der Waals surface area contributed by atoms with Gasteiger partial charge in [-0.1, -0.05) is 80.9 Å². The van der Waals surface area contributed by atoms with Gasteiger partial charge < -0.3 is 19.9 Å². The maximum atomic E-state index is 13.0. The van der Waals surface area contributed by atoms with Crippen LogP contribution in [0.1, 0.15) is 92.9 Å². The van der Waals surface area contributed by atoms with Crippen molar-refractivity contribution in [2.45, 2.75) is 126 Å². The molecule has 1 amide bonds. The number of amides is 1. The number of carbonyl (C=O) groups is 2. The molecule has 3 aliphatic rings. The van der Waals surface area contributed by atoms with Gasteiger partial charge in [0.25, 0.3) is 5.97 Å². The standard InChI is InChI=1S/C23H42BN2O4S2/c1-22(2,3)29-21(28)25-14-13-18(31-32-23(4,5)6)15-19-20(27)30-24(26-19)16-9-7-10-17(24)12-8-11-16/h16-19,26H,7-15H2,1-6H3,(H,25,28)/q-1. The Morgan fingerprint density at radius 2 is 1.75 bits per heavy atom. The first kappa shape index (κ1) is 26.1. The number of alkyl carbamates (subject to hydrolysis) is 1. The summed E-state index contributed by atoms with van der Waals surface area (Å²) in [5.41, 5.74) is -0.508. The summed E-state index contributed by atoms with van der Waals surface area (Å²) < 4.78 is 11.7. The van der Waals surface area contributed by atoms with Crippen molar-refractivity contribution in [3.8, 4) is 0 Å². The first-order chi connectivity index (χ1) is 14.9. The van der Waals surface area contributed by atoms with E-state index in [4.69, 9.17) is 9.39 Å². The van der Waals surface area contributed by atoms with E-state index in [2.05, 4.69) is 31.3 Å². The minimum Gasteiger partial charge on any atom is -0.673 e. The van der Waals surface area contributed by atoms with Crippen molar-refractivity contribution in [2.24, 2.45) is 0 Å². The van der Waals surface area contributed by atoms with Crippen molar-refractivity contribution in [2.75, 3.05) is 6.54 Å². The average Bonchev–Trinajstić information content (AvgIpc) is 2.93. The molecule has 3 heterocycles. The van der Waals surface area contributed by atoms with Crippen LogP contribution < -0.4 is 10.5 Å². The van der Waals surface area contributed by atoms with Gasteiger partial charge in [-0.15, -0.1) is 11.6 Å². The Morgan fingerprint density at radius 1 is 1.16 bits per heavy atom. The van der Waals surface area contributed by atoms with E-state index in [0.717, 1.165) is 12.8 Å².